The van der Waals surface area contributed by atoms with Gasteiger partial charge in [0.2, 0.25) is 0 Å². The Hall–Kier alpha value is -2.07. The number of nitrogens with one attached hydrogen (secondary N) is 1. The van der Waals surface area contributed by atoms with Crippen molar-refractivity contribution in [2.24, 2.45) is 0 Å². The van der Waals surface area contributed by atoms with Crippen molar-refractivity contribution in [2.75, 3.05) is 6.61 Å². The van der Waals surface area contributed by atoms with Gasteiger partial charge in [0, 0.05) is 24.7 Å². The van der Waals surface area contributed by atoms with Gasteiger partial charge < -0.3 is 14.6 Å². The van der Waals surface area contributed by atoms with E-state index in [2.05, 4.69) is 17.1 Å². The van der Waals surface area contributed by atoms with E-state index in [-0.39, 0.29) is 0 Å². The Labute approximate surface area is 113 Å². The fourth-order valence-corrected chi connectivity index (χ4v) is 1.77. The average Bonchev–Trinajstić information content (AvgIpc) is 2.83. The first-order chi connectivity index (χ1) is 9.29. The summed E-state index contributed by atoms with van der Waals surface area (Å²) < 4.78 is 10.6. The second-order valence-electron chi connectivity index (χ2n) is 4.24. The Kier molecular flexibility index (Phi) is 4.75. The molecular weight excluding hydrogens is 240 g/mol. The second-order valence-corrected chi connectivity index (χ2v) is 4.24. The lowest BCUT2D eigenvalue weighted by Crippen LogP contribution is -2.13. The molecule has 1 aromatic heterocycles. The molecule has 0 aliphatic carbocycles. The average molecular weight is 258 g/mol. The molecule has 2 aromatic rings. The van der Waals surface area contributed by atoms with Crippen LogP contribution in [0.1, 0.15) is 17.0 Å². The van der Waals surface area contributed by atoms with E-state index in [1.54, 1.807) is 6.08 Å². The molecule has 0 aliphatic rings. The monoisotopic (exact) mass is 258 g/mol. The number of rotatable bonds is 7. The number of ether oxygens (including phenoxy) is 1. The lowest BCUT2D eigenvalue weighted by molar-refractivity contribution is 0.357. The van der Waals surface area contributed by atoms with Crippen molar-refractivity contribution in [3.05, 3.63) is 60.0 Å². The standard InChI is InChI=1S/C15H18N2O2/c1-3-8-18-15-7-5-4-6-13(15)10-16-11-14-9-12(2)19-17-14/h3-7,9,16H,1,8,10-11H2,2H3. The summed E-state index contributed by atoms with van der Waals surface area (Å²) in [5.41, 5.74) is 2.02. The molecule has 2 rings (SSSR count). The quantitative estimate of drug-likeness (QED) is 0.776. The summed E-state index contributed by atoms with van der Waals surface area (Å²) in [6.07, 6.45) is 1.74. The maximum Gasteiger partial charge on any atom is 0.133 e. The third-order valence-electron chi connectivity index (χ3n) is 2.63. The number of aryl methyl sites for hydroxylation is 1. The minimum atomic E-state index is 0.513. The highest BCUT2D eigenvalue weighted by Gasteiger charge is 2.03. The van der Waals surface area contributed by atoms with Gasteiger partial charge in [0.15, 0.2) is 0 Å². The topological polar surface area (TPSA) is 47.3 Å². The van der Waals surface area contributed by atoms with Gasteiger partial charge in [-0.3, -0.25) is 0 Å². The van der Waals surface area contributed by atoms with Gasteiger partial charge >= 0.3 is 0 Å². The van der Waals surface area contributed by atoms with Crippen LogP contribution < -0.4 is 10.1 Å². The summed E-state index contributed by atoms with van der Waals surface area (Å²) in [6.45, 7) is 7.44. The predicted octanol–water partition coefficient (Wildman–Crippen LogP) is 2.84. The summed E-state index contributed by atoms with van der Waals surface area (Å²) in [5.74, 6) is 1.71. The smallest absolute Gasteiger partial charge is 0.133 e. The molecule has 0 unspecified atom stereocenters. The maximum atomic E-state index is 5.60. The molecule has 0 aliphatic heterocycles. The van der Waals surface area contributed by atoms with E-state index in [9.17, 15) is 0 Å². The van der Waals surface area contributed by atoms with Crippen LogP contribution in [0.2, 0.25) is 0 Å². The highest BCUT2D eigenvalue weighted by atomic mass is 16.5. The van der Waals surface area contributed by atoms with Crippen LogP contribution in [-0.4, -0.2) is 11.8 Å². The summed E-state index contributed by atoms with van der Waals surface area (Å²) >= 11 is 0. The number of benzene rings is 1. The second kappa shape index (κ2) is 6.75. The minimum Gasteiger partial charge on any atom is -0.489 e. The molecule has 1 aromatic carbocycles. The van der Waals surface area contributed by atoms with Crippen molar-refractivity contribution in [3.8, 4) is 5.75 Å². The Bertz CT molecular complexity index is 534. The molecule has 19 heavy (non-hydrogen) atoms. The molecule has 0 spiro atoms. The Balaban J connectivity index is 1.89. The SMILES string of the molecule is C=CCOc1ccccc1CNCc1cc(C)on1. The normalized spacial score (nSPS) is 10.4. The highest BCUT2D eigenvalue weighted by Crippen LogP contribution is 2.17. The van der Waals surface area contributed by atoms with E-state index in [4.69, 9.17) is 9.26 Å². The molecule has 0 atom stereocenters. The molecule has 0 fully saturated rings. The summed E-state index contributed by atoms with van der Waals surface area (Å²) in [6, 6.07) is 9.88. The molecular formula is C15H18N2O2. The zero-order valence-electron chi connectivity index (χ0n) is 11.1. The predicted molar refractivity (Wildman–Crippen MR) is 73.9 cm³/mol. The van der Waals surface area contributed by atoms with E-state index in [0.717, 1.165) is 29.3 Å². The molecule has 0 radical (unpaired) electrons. The van der Waals surface area contributed by atoms with Crippen LogP contribution in [0, 0.1) is 6.92 Å². The number of aromatic nitrogens is 1. The summed E-state index contributed by atoms with van der Waals surface area (Å²) in [7, 11) is 0. The maximum absolute atomic E-state index is 5.60. The van der Waals surface area contributed by atoms with Crippen molar-refractivity contribution < 1.29 is 9.26 Å². The van der Waals surface area contributed by atoms with Gasteiger partial charge in [0.05, 0.1) is 5.69 Å². The van der Waals surface area contributed by atoms with Gasteiger partial charge in [-0.15, -0.1) is 0 Å². The number of hydrogen-bond donors (Lipinski definition) is 1. The molecule has 0 amide bonds. The number of para-hydroxylation sites is 1. The zero-order valence-corrected chi connectivity index (χ0v) is 11.1. The highest BCUT2D eigenvalue weighted by molar-refractivity contribution is 5.33. The van der Waals surface area contributed by atoms with Crippen molar-refractivity contribution in [1.29, 1.82) is 0 Å². The van der Waals surface area contributed by atoms with Crippen LogP contribution >= 0.6 is 0 Å². The minimum absolute atomic E-state index is 0.513. The van der Waals surface area contributed by atoms with E-state index >= 15 is 0 Å². The van der Waals surface area contributed by atoms with Gasteiger partial charge in [-0.1, -0.05) is 36.0 Å². The van der Waals surface area contributed by atoms with Gasteiger partial charge in [0.1, 0.15) is 18.1 Å². The summed E-state index contributed by atoms with van der Waals surface area (Å²) in [5, 5.41) is 7.26. The first-order valence-electron chi connectivity index (χ1n) is 6.24. The van der Waals surface area contributed by atoms with E-state index in [1.165, 1.54) is 0 Å². The largest absolute Gasteiger partial charge is 0.489 e. The molecule has 0 saturated heterocycles. The molecule has 1 heterocycles. The van der Waals surface area contributed by atoms with Crippen molar-refractivity contribution in [2.45, 2.75) is 20.0 Å². The van der Waals surface area contributed by atoms with Gasteiger partial charge in [-0.2, -0.15) is 0 Å². The van der Waals surface area contributed by atoms with Gasteiger partial charge in [-0.25, -0.2) is 0 Å². The third kappa shape index (κ3) is 3.96. The van der Waals surface area contributed by atoms with E-state index in [0.29, 0.717) is 13.2 Å². The van der Waals surface area contributed by atoms with Gasteiger partial charge in [0.25, 0.3) is 0 Å². The molecule has 4 heteroatoms. The first-order valence-corrected chi connectivity index (χ1v) is 6.24. The Morgan fingerprint density at radius 3 is 2.95 bits per heavy atom. The molecule has 0 saturated carbocycles. The van der Waals surface area contributed by atoms with Crippen LogP contribution in [0.4, 0.5) is 0 Å². The lowest BCUT2D eigenvalue weighted by atomic mass is 10.2. The summed E-state index contributed by atoms with van der Waals surface area (Å²) in [4.78, 5) is 0. The van der Waals surface area contributed by atoms with Crippen LogP contribution in [0.5, 0.6) is 5.75 Å². The fraction of sp³-hybridized carbons (Fsp3) is 0.267. The Morgan fingerprint density at radius 2 is 2.21 bits per heavy atom. The first kappa shape index (κ1) is 13.4. The molecule has 4 nitrogen and oxygen atoms in total. The molecule has 1 N–H and O–H groups in total. The van der Waals surface area contributed by atoms with Crippen LogP contribution in [-0.2, 0) is 13.1 Å². The van der Waals surface area contributed by atoms with Crippen molar-refractivity contribution >= 4 is 0 Å². The van der Waals surface area contributed by atoms with E-state index < -0.39 is 0 Å². The van der Waals surface area contributed by atoms with Crippen molar-refractivity contribution in [1.82, 2.24) is 10.5 Å². The van der Waals surface area contributed by atoms with Crippen LogP contribution in [0.15, 0.2) is 47.5 Å². The van der Waals surface area contributed by atoms with Crippen LogP contribution in [0.25, 0.3) is 0 Å². The fourth-order valence-electron chi connectivity index (χ4n) is 1.77. The lowest BCUT2D eigenvalue weighted by Gasteiger charge is -2.10. The number of hydrogen-bond acceptors (Lipinski definition) is 4. The van der Waals surface area contributed by atoms with Gasteiger partial charge in [-0.05, 0) is 13.0 Å². The molecule has 0 bridgehead atoms. The van der Waals surface area contributed by atoms with Crippen LogP contribution in [0.3, 0.4) is 0 Å². The zero-order chi connectivity index (χ0) is 13.5. The molecule has 100 valence electrons. The van der Waals surface area contributed by atoms with Crippen molar-refractivity contribution in [3.63, 3.8) is 0 Å². The third-order valence-corrected chi connectivity index (χ3v) is 2.63. The Morgan fingerprint density at radius 1 is 1.37 bits per heavy atom. The van der Waals surface area contributed by atoms with E-state index in [1.807, 2.05) is 37.3 Å². The number of nitrogens with zero attached hydrogens (tertiary/aromatic N) is 1.